The van der Waals surface area contributed by atoms with Gasteiger partial charge in [0.1, 0.15) is 4.90 Å². The molecule has 0 aliphatic heterocycles. The van der Waals surface area contributed by atoms with E-state index in [1.54, 1.807) is 24.3 Å². The number of hydrogen-bond acceptors (Lipinski definition) is 5. The van der Waals surface area contributed by atoms with Crippen LogP contribution in [0.1, 0.15) is 42.6 Å². The molecule has 0 radical (unpaired) electrons. The van der Waals surface area contributed by atoms with Crippen LogP contribution >= 0.6 is 11.6 Å². The van der Waals surface area contributed by atoms with Crippen LogP contribution in [0, 0.1) is 0 Å². The maximum absolute atomic E-state index is 12.6. The Hall–Kier alpha value is -2.42. The summed E-state index contributed by atoms with van der Waals surface area (Å²) in [5, 5.41) is 2.69. The Bertz CT molecular complexity index is 980. The van der Waals surface area contributed by atoms with E-state index in [0.717, 1.165) is 24.5 Å². The summed E-state index contributed by atoms with van der Waals surface area (Å²) in [6.45, 7) is 3.49. The second kappa shape index (κ2) is 11.1. The molecule has 0 aromatic heterocycles. The summed E-state index contributed by atoms with van der Waals surface area (Å²) in [5.74, 6) is -1.24. The predicted octanol–water partition coefficient (Wildman–Crippen LogP) is 3.28. The molecule has 1 atom stereocenters. The molecular weight excluding hydrogens is 428 g/mol. The van der Waals surface area contributed by atoms with Gasteiger partial charge < -0.3 is 10.1 Å². The average Bonchev–Trinajstić information content (AvgIpc) is 2.71. The van der Waals surface area contributed by atoms with Crippen molar-refractivity contribution in [2.75, 3.05) is 6.61 Å². The summed E-state index contributed by atoms with van der Waals surface area (Å²) in [6.07, 6.45) is 1.73. The Morgan fingerprint density at radius 1 is 1.13 bits per heavy atom. The zero-order valence-corrected chi connectivity index (χ0v) is 18.4. The topological polar surface area (TPSA) is 102 Å². The lowest BCUT2D eigenvalue weighted by Gasteiger charge is -2.13. The fraction of sp³-hybridized carbons (Fsp3) is 0.333. The Morgan fingerprint density at radius 2 is 1.83 bits per heavy atom. The zero-order chi connectivity index (χ0) is 22.1. The standard InChI is InChI=1S/C21H25ClN2O5S/c1-3-7-15(2)24-20(25)14-29-21(26)17-10-11-18(22)19(12-17)30(27,28)23-13-16-8-5-4-6-9-16/h4-6,8-12,15,23H,3,7,13-14H2,1-2H3,(H,24,25)/t15-/m0/s1. The van der Waals surface area contributed by atoms with Gasteiger partial charge >= 0.3 is 5.97 Å². The molecule has 7 nitrogen and oxygen atoms in total. The van der Waals surface area contributed by atoms with Crippen molar-refractivity contribution in [1.82, 2.24) is 10.0 Å². The van der Waals surface area contributed by atoms with Crippen LogP contribution in [0.5, 0.6) is 0 Å². The van der Waals surface area contributed by atoms with Gasteiger partial charge in [0, 0.05) is 12.6 Å². The smallest absolute Gasteiger partial charge is 0.338 e. The summed E-state index contributed by atoms with van der Waals surface area (Å²) in [7, 11) is -3.97. The number of halogens is 1. The van der Waals surface area contributed by atoms with Crippen LogP contribution in [0.4, 0.5) is 0 Å². The molecule has 0 spiro atoms. The van der Waals surface area contributed by atoms with Crippen molar-refractivity contribution in [1.29, 1.82) is 0 Å². The lowest BCUT2D eigenvalue weighted by molar-refractivity contribution is -0.124. The first-order valence-corrected chi connectivity index (χ1v) is 11.4. The van der Waals surface area contributed by atoms with E-state index in [9.17, 15) is 18.0 Å². The lowest BCUT2D eigenvalue weighted by Crippen LogP contribution is -2.35. The van der Waals surface area contributed by atoms with Gasteiger partial charge in [-0.25, -0.2) is 17.9 Å². The maximum atomic E-state index is 12.6. The summed E-state index contributed by atoms with van der Waals surface area (Å²) >= 11 is 6.05. The number of ether oxygens (including phenoxy) is 1. The highest BCUT2D eigenvalue weighted by molar-refractivity contribution is 7.89. The van der Waals surface area contributed by atoms with Gasteiger partial charge in [0.25, 0.3) is 5.91 Å². The van der Waals surface area contributed by atoms with Crippen LogP contribution in [-0.4, -0.2) is 32.9 Å². The zero-order valence-electron chi connectivity index (χ0n) is 16.9. The van der Waals surface area contributed by atoms with E-state index in [-0.39, 0.29) is 28.1 Å². The summed E-state index contributed by atoms with van der Waals surface area (Å²) in [6, 6.07) is 12.7. The molecule has 162 valence electrons. The highest BCUT2D eigenvalue weighted by Crippen LogP contribution is 2.23. The molecule has 0 saturated heterocycles. The molecule has 0 aliphatic rings. The van der Waals surface area contributed by atoms with E-state index in [2.05, 4.69) is 10.0 Å². The Morgan fingerprint density at radius 3 is 2.50 bits per heavy atom. The summed E-state index contributed by atoms with van der Waals surface area (Å²) < 4.78 is 32.7. The van der Waals surface area contributed by atoms with Crippen molar-refractivity contribution in [3.63, 3.8) is 0 Å². The second-order valence-electron chi connectivity index (χ2n) is 6.79. The Labute approximate surface area is 181 Å². The van der Waals surface area contributed by atoms with Crippen LogP contribution < -0.4 is 10.0 Å². The maximum Gasteiger partial charge on any atom is 0.338 e. The quantitative estimate of drug-likeness (QED) is 0.538. The first-order chi connectivity index (χ1) is 14.2. The van der Waals surface area contributed by atoms with Gasteiger partial charge in [-0.15, -0.1) is 0 Å². The predicted molar refractivity (Wildman–Crippen MR) is 115 cm³/mol. The van der Waals surface area contributed by atoms with Crippen molar-refractivity contribution in [3.05, 3.63) is 64.7 Å². The molecule has 0 unspecified atom stereocenters. The minimum absolute atomic E-state index is 0.0195. The second-order valence-corrected chi connectivity index (χ2v) is 8.93. The molecule has 0 heterocycles. The van der Waals surface area contributed by atoms with E-state index in [1.807, 2.05) is 19.9 Å². The Balaban J connectivity index is 2.04. The number of carbonyl (C=O) groups is 2. The van der Waals surface area contributed by atoms with E-state index < -0.39 is 28.5 Å². The van der Waals surface area contributed by atoms with E-state index in [0.29, 0.717) is 0 Å². The highest BCUT2D eigenvalue weighted by atomic mass is 35.5. The summed E-state index contributed by atoms with van der Waals surface area (Å²) in [4.78, 5) is 23.9. The molecule has 0 fully saturated rings. The number of esters is 1. The molecule has 2 rings (SSSR count). The first kappa shape index (κ1) is 23.9. The van der Waals surface area contributed by atoms with Crippen LogP contribution in [0.2, 0.25) is 5.02 Å². The minimum atomic E-state index is -3.97. The molecule has 9 heteroatoms. The van der Waals surface area contributed by atoms with Gasteiger partial charge in [-0.05, 0) is 37.1 Å². The van der Waals surface area contributed by atoms with Crippen LogP contribution in [0.3, 0.4) is 0 Å². The fourth-order valence-electron chi connectivity index (χ4n) is 2.72. The van der Waals surface area contributed by atoms with Crippen molar-refractivity contribution >= 4 is 33.5 Å². The lowest BCUT2D eigenvalue weighted by atomic mass is 10.2. The molecular formula is C21H25ClN2O5S. The van der Waals surface area contributed by atoms with E-state index in [1.165, 1.54) is 12.1 Å². The van der Waals surface area contributed by atoms with Crippen LogP contribution in [-0.2, 0) is 26.1 Å². The number of benzene rings is 2. The number of amides is 1. The number of rotatable bonds is 10. The molecule has 2 aromatic carbocycles. The van der Waals surface area contributed by atoms with Gasteiger partial charge in [0.05, 0.1) is 10.6 Å². The minimum Gasteiger partial charge on any atom is -0.452 e. The highest BCUT2D eigenvalue weighted by Gasteiger charge is 2.21. The number of nitrogens with one attached hydrogen (secondary N) is 2. The molecule has 30 heavy (non-hydrogen) atoms. The van der Waals surface area contributed by atoms with Crippen molar-refractivity contribution in [3.8, 4) is 0 Å². The van der Waals surface area contributed by atoms with Crippen LogP contribution in [0.25, 0.3) is 0 Å². The van der Waals surface area contributed by atoms with Gasteiger partial charge in [-0.2, -0.15) is 0 Å². The van der Waals surface area contributed by atoms with Crippen molar-refractivity contribution in [2.24, 2.45) is 0 Å². The fourth-order valence-corrected chi connectivity index (χ4v) is 4.27. The molecule has 2 N–H and O–H groups in total. The molecule has 0 bridgehead atoms. The molecule has 1 amide bonds. The normalized spacial score (nSPS) is 12.2. The third-order valence-corrected chi connectivity index (χ3v) is 6.11. The number of hydrogen-bond donors (Lipinski definition) is 2. The molecule has 0 aliphatic carbocycles. The first-order valence-electron chi connectivity index (χ1n) is 9.52. The third kappa shape index (κ3) is 7.12. The Kier molecular flexibility index (Phi) is 8.83. The van der Waals surface area contributed by atoms with E-state index >= 15 is 0 Å². The SMILES string of the molecule is CCC[C@H](C)NC(=O)COC(=O)c1ccc(Cl)c(S(=O)(=O)NCc2ccccc2)c1. The van der Waals surface area contributed by atoms with Gasteiger partial charge in [0.15, 0.2) is 6.61 Å². The van der Waals surface area contributed by atoms with Crippen molar-refractivity contribution in [2.45, 2.75) is 44.2 Å². The van der Waals surface area contributed by atoms with Gasteiger partial charge in [-0.3, -0.25) is 4.79 Å². The average molecular weight is 453 g/mol. The van der Waals surface area contributed by atoms with Crippen LogP contribution in [0.15, 0.2) is 53.4 Å². The number of carbonyl (C=O) groups excluding carboxylic acids is 2. The number of sulfonamides is 1. The molecule has 2 aromatic rings. The third-order valence-electron chi connectivity index (χ3n) is 4.23. The van der Waals surface area contributed by atoms with Crippen molar-refractivity contribution < 1.29 is 22.7 Å². The van der Waals surface area contributed by atoms with Gasteiger partial charge in [0.2, 0.25) is 10.0 Å². The van der Waals surface area contributed by atoms with E-state index in [4.69, 9.17) is 16.3 Å². The largest absolute Gasteiger partial charge is 0.452 e. The summed E-state index contributed by atoms with van der Waals surface area (Å²) in [5.41, 5.74) is 0.755. The molecule has 0 saturated carbocycles. The van der Waals surface area contributed by atoms with Gasteiger partial charge in [-0.1, -0.05) is 55.3 Å². The monoisotopic (exact) mass is 452 g/mol.